The van der Waals surface area contributed by atoms with Crippen LogP contribution in [0, 0.1) is 11.8 Å². The second kappa shape index (κ2) is 16.7. The summed E-state index contributed by atoms with van der Waals surface area (Å²) < 4.78 is 11.1. The maximum atomic E-state index is 14.7. The van der Waals surface area contributed by atoms with Crippen molar-refractivity contribution in [3.8, 4) is 34.5 Å². The summed E-state index contributed by atoms with van der Waals surface area (Å²) in [6, 6.07) is 23.2. The quantitative estimate of drug-likeness (QED) is 0.0543. The molecule has 284 valence electrons. The van der Waals surface area contributed by atoms with Crippen molar-refractivity contribution < 1.29 is 39.8 Å². The minimum absolute atomic E-state index is 0.0304. The predicted molar refractivity (Wildman–Crippen MR) is 209 cm³/mol. The third-order valence-corrected chi connectivity index (χ3v) is 10.6. The average Bonchev–Trinajstić information content (AvgIpc) is 3.65. The van der Waals surface area contributed by atoms with Gasteiger partial charge in [0.25, 0.3) is 0 Å². The van der Waals surface area contributed by atoms with E-state index >= 15 is 0 Å². The largest absolute Gasteiger partial charge is 0.508 e. The second-order valence-corrected chi connectivity index (χ2v) is 14.9. The number of aliphatic hydroxyl groups excluding tert-OH is 1. The lowest BCUT2D eigenvalue weighted by molar-refractivity contribution is -0.130. The molecule has 1 aliphatic rings. The Bertz CT molecular complexity index is 2090. The molecular weight excluding hydrogens is 684 g/mol. The molecule has 0 radical (unpaired) electrons. The normalized spacial score (nSPS) is 14.9. The topological polar surface area (TPSA) is 162 Å². The Morgan fingerprint density at radius 3 is 2.33 bits per heavy atom. The monoisotopic (exact) mass is 734 g/mol. The number of phenolic OH excluding ortho intramolecular Hbond substituents is 4. The molecule has 1 aromatic heterocycles. The van der Waals surface area contributed by atoms with E-state index in [0.717, 1.165) is 40.4 Å². The third-order valence-electron chi connectivity index (χ3n) is 10.6. The van der Waals surface area contributed by atoms with Crippen molar-refractivity contribution in [3.63, 3.8) is 0 Å². The molecule has 10 heteroatoms. The molecule has 5 aromatic rings. The minimum Gasteiger partial charge on any atom is -0.508 e. The van der Waals surface area contributed by atoms with Crippen LogP contribution in [0.1, 0.15) is 69.1 Å². The van der Waals surface area contributed by atoms with E-state index in [2.05, 4.69) is 10.3 Å². The SMILES string of the molecule is COc1cc(CC[C@@H](O)[C@H](C(=O)CCc2cc(O)c(O)c(OCC(C)C)c2)C2(c3ccnc(Nc4ccc5cc(O)ccc5c4)c3)CCCC2)ccc1O. The molecule has 0 unspecified atom stereocenters. The number of nitrogens with one attached hydrogen (secondary N) is 1. The van der Waals surface area contributed by atoms with Crippen LogP contribution in [-0.4, -0.2) is 56.1 Å². The maximum Gasteiger partial charge on any atom is 0.200 e. The minimum atomic E-state index is -0.991. The van der Waals surface area contributed by atoms with Crippen molar-refractivity contribution in [2.24, 2.45) is 11.8 Å². The van der Waals surface area contributed by atoms with E-state index in [4.69, 9.17) is 9.47 Å². The van der Waals surface area contributed by atoms with Gasteiger partial charge in [-0.2, -0.15) is 0 Å². The highest BCUT2D eigenvalue weighted by molar-refractivity contribution is 5.87. The highest BCUT2D eigenvalue weighted by Crippen LogP contribution is 2.50. The molecule has 0 amide bonds. The van der Waals surface area contributed by atoms with Gasteiger partial charge in [-0.1, -0.05) is 44.9 Å². The van der Waals surface area contributed by atoms with Gasteiger partial charge in [0.05, 0.1) is 25.7 Å². The van der Waals surface area contributed by atoms with Crippen LogP contribution >= 0.6 is 0 Å². The highest BCUT2D eigenvalue weighted by Gasteiger charge is 2.49. The molecule has 1 fully saturated rings. The number of ketones is 1. The summed E-state index contributed by atoms with van der Waals surface area (Å²) in [7, 11) is 1.49. The summed E-state index contributed by atoms with van der Waals surface area (Å²) in [5, 5.41) is 58.4. The van der Waals surface area contributed by atoms with Crippen LogP contribution in [0.3, 0.4) is 0 Å². The number of aromatic nitrogens is 1. The van der Waals surface area contributed by atoms with Crippen LogP contribution in [0.2, 0.25) is 0 Å². The van der Waals surface area contributed by atoms with Gasteiger partial charge in [0.2, 0.25) is 5.75 Å². The lowest BCUT2D eigenvalue weighted by Gasteiger charge is -2.40. The fourth-order valence-corrected chi connectivity index (χ4v) is 7.88. The van der Waals surface area contributed by atoms with Crippen LogP contribution in [0.4, 0.5) is 11.5 Å². The van der Waals surface area contributed by atoms with Gasteiger partial charge in [0, 0.05) is 23.7 Å². The number of hydrogen-bond donors (Lipinski definition) is 6. The van der Waals surface area contributed by atoms with E-state index in [9.17, 15) is 30.3 Å². The lowest BCUT2D eigenvalue weighted by atomic mass is 9.64. The summed E-state index contributed by atoms with van der Waals surface area (Å²) in [5.74, 6) is 0.0847. The van der Waals surface area contributed by atoms with Crippen LogP contribution in [0.5, 0.6) is 34.5 Å². The smallest absolute Gasteiger partial charge is 0.200 e. The molecule has 0 saturated heterocycles. The molecule has 1 aliphatic carbocycles. The van der Waals surface area contributed by atoms with Gasteiger partial charge in [-0.15, -0.1) is 0 Å². The molecular formula is C44H50N2O8. The number of fused-ring (bicyclic) bond motifs is 1. The Balaban J connectivity index is 1.30. The number of carbonyl (C=O) groups excluding carboxylic acids is 1. The Hall–Kier alpha value is -5.48. The number of aromatic hydroxyl groups is 4. The number of ether oxygens (including phenoxy) is 2. The van der Waals surface area contributed by atoms with E-state index in [-0.39, 0.29) is 53.3 Å². The van der Waals surface area contributed by atoms with E-state index in [0.29, 0.717) is 49.4 Å². The first-order valence-electron chi connectivity index (χ1n) is 18.7. The van der Waals surface area contributed by atoms with Crippen LogP contribution in [-0.2, 0) is 23.1 Å². The first kappa shape index (κ1) is 38.3. The standard InChI is InChI=1S/C44H50N2O8/c1-27(2)26-54-40-22-29(20-38(51)43(40)52)8-15-37(50)42(36(49)14-7-28-6-13-35(48)39(21-28)53-3)44(17-4-5-18-44)32-16-19-45-41(25-32)46-33-11-9-31-24-34(47)12-10-30(31)23-33/h6,9-13,16,19-25,27,36,42,47-49,51-52H,4-5,7-8,14-15,17-18,26H2,1-3H3,(H,45,46)/t36-,42-/m1/s1. The number of aryl methyl sites for hydroxylation is 2. The number of pyridine rings is 1. The zero-order valence-electron chi connectivity index (χ0n) is 31.1. The summed E-state index contributed by atoms with van der Waals surface area (Å²) >= 11 is 0. The van der Waals surface area contributed by atoms with Gasteiger partial charge in [0.1, 0.15) is 17.4 Å². The van der Waals surface area contributed by atoms with Crippen LogP contribution < -0.4 is 14.8 Å². The number of benzene rings is 4. The molecule has 0 bridgehead atoms. The highest BCUT2D eigenvalue weighted by atomic mass is 16.5. The first-order valence-corrected chi connectivity index (χ1v) is 18.7. The molecule has 0 aliphatic heterocycles. The van der Waals surface area contributed by atoms with Gasteiger partial charge in [0.15, 0.2) is 23.0 Å². The molecule has 10 nitrogen and oxygen atoms in total. The number of rotatable bonds is 16. The van der Waals surface area contributed by atoms with Gasteiger partial charge in [-0.25, -0.2) is 4.98 Å². The molecule has 1 saturated carbocycles. The van der Waals surface area contributed by atoms with E-state index < -0.39 is 17.4 Å². The predicted octanol–water partition coefficient (Wildman–Crippen LogP) is 8.47. The van der Waals surface area contributed by atoms with Gasteiger partial charge in [-0.3, -0.25) is 4.79 Å². The zero-order valence-corrected chi connectivity index (χ0v) is 31.1. The van der Waals surface area contributed by atoms with Crippen molar-refractivity contribution in [3.05, 3.63) is 102 Å². The fraction of sp³-hybridized carbons (Fsp3) is 0.364. The van der Waals surface area contributed by atoms with Crippen molar-refractivity contribution in [2.45, 2.75) is 76.7 Å². The summed E-state index contributed by atoms with van der Waals surface area (Å²) in [6.45, 7) is 4.33. The molecule has 1 heterocycles. The van der Waals surface area contributed by atoms with E-state index in [1.165, 1.54) is 13.2 Å². The molecule has 0 spiro atoms. The summed E-state index contributed by atoms with van der Waals surface area (Å²) in [6.07, 6.45) is 5.13. The number of Topliss-reactive ketones (excluding diaryl/α,β-unsaturated/α-hetero) is 1. The zero-order chi connectivity index (χ0) is 38.4. The maximum absolute atomic E-state index is 14.7. The fourth-order valence-electron chi connectivity index (χ4n) is 7.88. The molecule has 2 atom stereocenters. The first-order chi connectivity index (χ1) is 25.9. The number of phenols is 4. The Morgan fingerprint density at radius 1 is 0.833 bits per heavy atom. The third kappa shape index (κ3) is 8.66. The van der Waals surface area contributed by atoms with Gasteiger partial charge < -0.3 is 40.3 Å². The number of nitrogens with zero attached hydrogens (tertiary/aromatic N) is 1. The summed E-state index contributed by atoms with van der Waals surface area (Å²) in [4.78, 5) is 19.3. The van der Waals surface area contributed by atoms with Crippen molar-refractivity contribution in [1.82, 2.24) is 4.98 Å². The molecule has 6 N–H and O–H groups in total. The van der Waals surface area contributed by atoms with Crippen LogP contribution in [0.25, 0.3) is 10.8 Å². The second-order valence-electron chi connectivity index (χ2n) is 14.9. The lowest BCUT2D eigenvalue weighted by Crippen LogP contribution is -2.45. The number of carbonyl (C=O) groups is 1. The van der Waals surface area contributed by atoms with Gasteiger partial charge >= 0.3 is 0 Å². The number of aliphatic hydroxyl groups is 1. The van der Waals surface area contributed by atoms with Crippen molar-refractivity contribution in [1.29, 1.82) is 0 Å². The van der Waals surface area contributed by atoms with Crippen molar-refractivity contribution >= 4 is 28.1 Å². The van der Waals surface area contributed by atoms with Crippen molar-refractivity contribution in [2.75, 3.05) is 19.0 Å². The van der Waals surface area contributed by atoms with Gasteiger partial charge in [-0.05, 0) is 126 Å². The molecule has 6 rings (SSSR count). The summed E-state index contributed by atoms with van der Waals surface area (Å²) in [5.41, 5.74) is 2.60. The Kier molecular flexibility index (Phi) is 11.8. The van der Waals surface area contributed by atoms with E-state index in [1.54, 1.807) is 42.6 Å². The van der Waals surface area contributed by atoms with E-state index in [1.807, 2.05) is 50.2 Å². The van der Waals surface area contributed by atoms with Crippen LogP contribution in [0.15, 0.2) is 85.1 Å². The number of methoxy groups -OCH3 is 1. The molecule has 4 aromatic carbocycles. The average molecular weight is 735 g/mol. The number of hydrogen-bond acceptors (Lipinski definition) is 10. The molecule has 54 heavy (non-hydrogen) atoms. The number of anilines is 2. The Labute approximate surface area is 316 Å². The Morgan fingerprint density at radius 2 is 1.57 bits per heavy atom.